The lowest BCUT2D eigenvalue weighted by Crippen LogP contribution is -2.32. The van der Waals surface area contributed by atoms with Crippen LogP contribution in [0.15, 0.2) is 42.5 Å². The molecule has 1 fully saturated rings. The Bertz CT molecular complexity index is 763. The van der Waals surface area contributed by atoms with E-state index < -0.39 is 0 Å². The molecular weight excluding hydrogens is 302 g/mol. The molecule has 1 saturated carbocycles. The van der Waals surface area contributed by atoms with Gasteiger partial charge in [-0.1, -0.05) is 23.8 Å². The minimum absolute atomic E-state index is 0.0150. The van der Waals surface area contributed by atoms with Gasteiger partial charge < -0.3 is 14.8 Å². The van der Waals surface area contributed by atoms with Gasteiger partial charge in [0.15, 0.2) is 11.5 Å². The van der Waals surface area contributed by atoms with E-state index in [2.05, 4.69) is 17.4 Å². The van der Waals surface area contributed by atoms with Crippen LogP contribution in [0.3, 0.4) is 0 Å². The van der Waals surface area contributed by atoms with Crippen LogP contribution in [0, 0.1) is 6.92 Å². The summed E-state index contributed by atoms with van der Waals surface area (Å²) in [4.78, 5) is 12.3. The van der Waals surface area contributed by atoms with Gasteiger partial charge in [0.25, 0.3) is 5.91 Å². The van der Waals surface area contributed by atoms with E-state index in [9.17, 15) is 4.79 Å². The van der Waals surface area contributed by atoms with Crippen molar-refractivity contribution in [2.24, 2.45) is 0 Å². The van der Waals surface area contributed by atoms with E-state index >= 15 is 0 Å². The maximum absolute atomic E-state index is 12.3. The predicted octanol–water partition coefficient (Wildman–Crippen LogP) is 3.23. The van der Waals surface area contributed by atoms with Crippen LogP contribution in [0.2, 0.25) is 0 Å². The minimum atomic E-state index is -0.0150. The quantitative estimate of drug-likeness (QED) is 0.940. The van der Waals surface area contributed by atoms with Crippen LogP contribution >= 0.6 is 0 Å². The number of aryl methyl sites for hydroxylation is 1. The van der Waals surface area contributed by atoms with Crippen LogP contribution in [-0.4, -0.2) is 25.7 Å². The lowest BCUT2D eigenvalue weighted by Gasteiger charge is -2.22. The molecule has 4 heteroatoms. The maximum Gasteiger partial charge on any atom is 0.251 e. The summed E-state index contributed by atoms with van der Waals surface area (Å²) in [5.41, 5.74) is 3.12. The number of carbonyl (C=O) groups excluding carboxylic acids is 1. The molecule has 1 N–H and O–H groups in total. The lowest BCUT2D eigenvalue weighted by molar-refractivity contribution is 0.0949. The number of amides is 1. The summed E-state index contributed by atoms with van der Waals surface area (Å²) in [5, 5.41) is 3.09. The van der Waals surface area contributed by atoms with Gasteiger partial charge in [-0.3, -0.25) is 4.79 Å². The first-order chi connectivity index (χ1) is 11.7. The summed E-state index contributed by atoms with van der Waals surface area (Å²) < 4.78 is 11.3. The highest BCUT2D eigenvalue weighted by atomic mass is 16.6. The van der Waals surface area contributed by atoms with Crippen molar-refractivity contribution in [2.75, 3.05) is 19.8 Å². The standard InChI is InChI=1S/C20H21NO3/c1-14-2-4-15(5-3-14)19(22)21-13-20(8-9-20)16-6-7-17-18(12-16)24-11-10-23-17/h2-7,12H,8-11,13H2,1H3,(H,21,22). The Morgan fingerprint density at radius 2 is 1.75 bits per heavy atom. The Kier molecular flexibility index (Phi) is 3.68. The fourth-order valence-electron chi connectivity index (χ4n) is 3.15. The number of nitrogens with one attached hydrogen (secondary N) is 1. The highest BCUT2D eigenvalue weighted by Crippen LogP contribution is 2.49. The molecular formula is C20H21NO3. The second-order valence-corrected chi connectivity index (χ2v) is 6.69. The summed E-state index contributed by atoms with van der Waals surface area (Å²) in [7, 11) is 0. The Morgan fingerprint density at radius 1 is 1.04 bits per heavy atom. The molecule has 24 heavy (non-hydrogen) atoms. The number of ether oxygens (including phenoxy) is 2. The molecule has 4 rings (SSSR count). The van der Waals surface area contributed by atoms with Gasteiger partial charge in [0.05, 0.1) is 0 Å². The number of rotatable bonds is 4. The zero-order valence-corrected chi connectivity index (χ0v) is 13.8. The number of hydrogen-bond acceptors (Lipinski definition) is 3. The first-order valence-electron chi connectivity index (χ1n) is 8.41. The Morgan fingerprint density at radius 3 is 2.46 bits per heavy atom. The first kappa shape index (κ1) is 15.1. The smallest absolute Gasteiger partial charge is 0.251 e. The Hall–Kier alpha value is -2.49. The maximum atomic E-state index is 12.3. The summed E-state index contributed by atoms with van der Waals surface area (Å²) in [5.74, 6) is 1.61. The van der Waals surface area contributed by atoms with E-state index in [-0.39, 0.29) is 11.3 Å². The topological polar surface area (TPSA) is 47.6 Å². The van der Waals surface area contributed by atoms with Crippen LogP contribution in [-0.2, 0) is 5.41 Å². The number of benzene rings is 2. The highest BCUT2D eigenvalue weighted by molar-refractivity contribution is 5.94. The third-order valence-electron chi connectivity index (χ3n) is 4.91. The largest absolute Gasteiger partial charge is 0.486 e. The van der Waals surface area contributed by atoms with E-state index in [1.54, 1.807) is 0 Å². The molecule has 0 atom stereocenters. The van der Waals surface area contributed by atoms with Crippen LogP contribution in [0.25, 0.3) is 0 Å². The molecule has 1 aliphatic heterocycles. The van der Waals surface area contributed by atoms with Gasteiger partial charge in [0, 0.05) is 17.5 Å². The number of hydrogen-bond donors (Lipinski definition) is 1. The van der Waals surface area contributed by atoms with Gasteiger partial charge in [-0.15, -0.1) is 0 Å². The normalized spacial score (nSPS) is 17.2. The number of carbonyl (C=O) groups is 1. The zero-order chi connectivity index (χ0) is 16.6. The van der Waals surface area contributed by atoms with Crippen LogP contribution in [0.4, 0.5) is 0 Å². The van der Waals surface area contributed by atoms with Crippen molar-refractivity contribution in [3.63, 3.8) is 0 Å². The molecule has 0 saturated heterocycles. The molecule has 2 aliphatic rings. The predicted molar refractivity (Wildman–Crippen MR) is 91.9 cm³/mol. The SMILES string of the molecule is Cc1ccc(C(=O)NCC2(c3ccc4c(c3)OCCO4)CC2)cc1. The Labute approximate surface area is 141 Å². The second kappa shape index (κ2) is 5.86. The Balaban J connectivity index is 1.46. The van der Waals surface area contributed by atoms with Gasteiger partial charge >= 0.3 is 0 Å². The monoisotopic (exact) mass is 323 g/mol. The summed E-state index contributed by atoms with van der Waals surface area (Å²) in [6.07, 6.45) is 2.17. The van der Waals surface area contributed by atoms with Crippen LogP contribution in [0.5, 0.6) is 11.5 Å². The van der Waals surface area contributed by atoms with Crippen LogP contribution in [0.1, 0.15) is 34.3 Å². The zero-order valence-electron chi connectivity index (χ0n) is 13.8. The van der Waals surface area contributed by atoms with Gasteiger partial charge in [-0.2, -0.15) is 0 Å². The first-order valence-corrected chi connectivity index (χ1v) is 8.41. The molecule has 2 aromatic carbocycles. The van der Waals surface area contributed by atoms with Crippen molar-refractivity contribution in [3.05, 3.63) is 59.2 Å². The molecule has 0 bridgehead atoms. The highest BCUT2D eigenvalue weighted by Gasteiger charge is 2.44. The van der Waals surface area contributed by atoms with E-state index in [1.165, 1.54) is 5.56 Å². The summed E-state index contributed by atoms with van der Waals surface area (Å²) in [6, 6.07) is 13.8. The van der Waals surface area contributed by atoms with E-state index in [4.69, 9.17) is 9.47 Å². The molecule has 1 aliphatic carbocycles. The fraction of sp³-hybridized carbons (Fsp3) is 0.350. The molecule has 1 amide bonds. The summed E-state index contributed by atoms with van der Waals surface area (Å²) >= 11 is 0. The third kappa shape index (κ3) is 2.84. The lowest BCUT2D eigenvalue weighted by atomic mass is 9.95. The minimum Gasteiger partial charge on any atom is -0.486 e. The molecule has 4 nitrogen and oxygen atoms in total. The van der Waals surface area contributed by atoms with Gasteiger partial charge in [-0.25, -0.2) is 0 Å². The van der Waals surface area contributed by atoms with Gasteiger partial charge in [-0.05, 0) is 49.6 Å². The van der Waals surface area contributed by atoms with E-state index in [1.807, 2.05) is 37.3 Å². The van der Waals surface area contributed by atoms with E-state index in [0.29, 0.717) is 25.3 Å². The molecule has 0 radical (unpaired) electrons. The molecule has 2 aromatic rings. The molecule has 124 valence electrons. The molecule has 0 unspecified atom stereocenters. The van der Waals surface area contributed by atoms with Crippen molar-refractivity contribution in [3.8, 4) is 11.5 Å². The van der Waals surface area contributed by atoms with Crippen molar-refractivity contribution in [1.82, 2.24) is 5.32 Å². The second-order valence-electron chi connectivity index (χ2n) is 6.69. The summed E-state index contributed by atoms with van der Waals surface area (Å²) in [6.45, 7) is 3.86. The molecule has 0 aromatic heterocycles. The molecule has 0 spiro atoms. The van der Waals surface area contributed by atoms with Crippen molar-refractivity contribution in [2.45, 2.75) is 25.2 Å². The van der Waals surface area contributed by atoms with Crippen molar-refractivity contribution in [1.29, 1.82) is 0 Å². The fourth-order valence-corrected chi connectivity index (χ4v) is 3.15. The van der Waals surface area contributed by atoms with Gasteiger partial charge in [0.1, 0.15) is 13.2 Å². The third-order valence-corrected chi connectivity index (χ3v) is 4.91. The average molecular weight is 323 g/mol. The van der Waals surface area contributed by atoms with Crippen molar-refractivity contribution >= 4 is 5.91 Å². The molecule has 1 heterocycles. The average Bonchev–Trinajstić information content (AvgIpc) is 3.41. The van der Waals surface area contributed by atoms with Gasteiger partial charge in [0.2, 0.25) is 0 Å². The number of fused-ring (bicyclic) bond motifs is 1. The van der Waals surface area contributed by atoms with Crippen molar-refractivity contribution < 1.29 is 14.3 Å². The van der Waals surface area contributed by atoms with E-state index in [0.717, 1.165) is 29.9 Å². The van der Waals surface area contributed by atoms with Crippen LogP contribution < -0.4 is 14.8 Å².